The second-order valence-corrected chi connectivity index (χ2v) is 9.32. The van der Waals surface area contributed by atoms with Crippen molar-refractivity contribution in [2.45, 2.75) is 25.3 Å². The molecule has 2 aromatic heterocycles. The van der Waals surface area contributed by atoms with Crippen LogP contribution >= 0.6 is 11.3 Å². The van der Waals surface area contributed by atoms with Crippen LogP contribution in [-0.2, 0) is 23.1 Å². The van der Waals surface area contributed by atoms with E-state index in [4.69, 9.17) is 4.98 Å². The number of anilines is 1. The molecule has 1 N–H and O–H groups in total. The minimum Gasteiger partial charge on any atom is -0.333 e. The molecular formula is C26H25N5O2S. The highest BCUT2D eigenvalue weighted by molar-refractivity contribution is 7.19. The molecule has 7 nitrogen and oxygen atoms in total. The second kappa shape index (κ2) is 9.61. The normalized spacial score (nSPS) is 15.4. The van der Waals surface area contributed by atoms with Crippen LogP contribution in [0.15, 0.2) is 73.1 Å². The van der Waals surface area contributed by atoms with Gasteiger partial charge in [0.2, 0.25) is 11.8 Å². The molecule has 1 saturated heterocycles. The van der Waals surface area contributed by atoms with Crippen LogP contribution < -0.4 is 5.32 Å². The van der Waals surface area contributed by atoms with Crippen molar-refractivity contribution in [3.63, 3.8) is 0 Å². The molecule has 5 rings (SSSR count). The molecule has 1 fully saturated rings. The van der Waals surface area contributed by atoms with Gasteiger partial charge in [0.05, 0.1) is 17.0 Å². The highest BCUT2D eigenvalue weighted by Crippen LogP contribution is 2.38. The number of aromatic nitrogens is 3. The molecule has 2 aromatic carbocycles. The van der Waals surface area contributed by atoms with E-state index in [1.165, 1.54) is 11.3 Å². The Kier molecular flexibility index (Phi) is 6.22. The van der Waals surface area contributed by atoms with E-state index in [-0.39, 0.29) is 11.8 Å². The Hall–Kier alpha value is -3.78. The molecule has 3 heterocycles. The summed E-state index contributed by atoms with van der Waals surface area (Å²) in [5.41, 5.74) is 2.68. The standard InChI is InChI=1S/C26H25N5O2S/c1-30-16-14-27-24(30)23-22(19-11-6-3-7-12-19)28-26(34-23)29-25(33)20-13-8-15-31(20)21(32)17-18-9-4-2-5-10-18/h2-7,9-12,14,16,20H,8,13,15,17H2,1H3,(H,28,29,33). The number of amides is 2. The van der Waals surface area contributed by atoms with Crippen molar-refractivity contribution in [3.05, 3.63) is 78.6 Å². The Labute approximate surface area is 202 Å². The van der Waals surface area contributed by atoms with Gasteiger partial charge in [-0.25, -0.2) is 9.97 Å². The molecular weight excluding hydrogens is 446 g/mol. The minimum absolute atomic E-state index is 0.0262. The first-order valence-corrected chi connectivity index (χ1v) is 12.1. The minimum atomic E-state index is -0.489. The lowest BCUT2D eigenvalue weighted by atomic mass is 10.1. The summed E-state index contributed by atoms with van der Waals surface area (Å²) < 4.78 is 1.94. The van der Waals surface area contributed by atoms with Crippen molar-refractivity contribution in [2.24, 2.45) is 7.05 Å². The average molecular weight is 472 g/mol. The molecule has 1 unspecified atom stereocenters. The fourth-order valence-electron chi connectivity index (χ4n) is 4.30. The van der Waals surface area contributed by atoms with Crippen molar-refractivity contribution in [1.82, 2.24) is 19.4 Å². The number of likely N-dealkylation sites (tertiary alicyclic amines) is 1. The number of imidazole rings is 1. The monoisotopic (exact) mass is 471 g/mol. The lowest BCUT2D eigenvalue weighted by Gasteiger charge is -2.23. The fraction of sp³-hybridized carbons (Fsp3) is 0.231. The Morgan fingerprint density at radius 3 is 2.53 bits per heavy atom. The van der Waals surface area contributed by atoms with Crippen molar-refractivity contribution < 1.29 is 9.59 Å². The van der Waals surface area contributed by atoms with Gasteiger partial charge in [-0.3, -0.25) is 9.59 Å². The van der Waals surface area contributed by atoms with Crippen LogP contribution in [0.1, 0.15) is 18.4 Å². The quantitative estimate of drug-likeness (QED) is 0.453. The van der Waals surface area contributed by atoms with Crippen LogP contribution in [0.5, 0.6) is 0 Å². The molecule has 8 heteroatoms. The summed E-state index contributed by atoms with van der Waals surface area (Å²) in [6, 6.07) is 19.0. The number of nitrogens with one attached hydrogen (secondary N) is 1. The van der Waals surface area contributed by atoms with E-state index in [2.05, 4.69) is 10.3 Å². The zero-order valence-corrected chi connectivity index (χ0v) is 19.7. The van der Waals surface area contributed by atoms with Crippen LogP contribution in [0.2, 0.25) is 0 Å². The number of hydrogen-bond donors (Lipinski definition) is 1. The number of carbonyl (C=O) groups excluding carboxylic acids is 2. The number of carbonyl (C=O) groups is 2. The van der Waals surface area contributed by atoms with E-state index in [9.17, 15) is 9.59 Å². The summed E-state index contributed by atoms with van der Waals surface area (Å²) in [7, 11) is 1.93. The number of aryl methyl sites for hydroxylation is 1. The van der Waals surface area contributed by atoms with Crippen LogP contribution in [0, 0.1) is 0 Å². The SMILES string of the molecule is Cn1ccnc1-c1sc(NC(=O)C2CCCN2C(=O)Cc2ccccc2)nc1-c1ccccc1. The molecule has 0 spiro atoms. The topological polar surface area (TPSA) is 80.1 Å². The van der Waals surface area contributed by atoms with Crippen LogP contribution in [-0.4, -0.2) is 43.8 Å². The van der Waals surface area contributed by atoms with E-state index in [0.29, 0.717) is 24.5 Å². The third kappa shape index (κ3) is 4.49. The van der Waals surface area contributed by atoms with Crippen LogP contribution in [0.4, 0.5) is 5.13 Å². The predicted molar refractivity (Wildman–Crippen MR) is 133 cm³/mol. The zero-order chi connectivity index (χ0) is 23.5. The molecule has 0 bridgehead atoms. The molecule has 4 aromatic rings. The predicted octanol–water partition coefficient (Wildman–Crippen LogP) is 4.38. The van der Waals surface area contributed by atoms with Crippen LogP contribution in [0.25, 0.3) is 22.0 Å². The van der Waals surface area contributed by atoms with Gasteiger partial charge in [0.25, 0.3) is 0 Å². The van der Waals surface area contributed by atoms with E-state index in [1.54, 1.807) is 11.1 Å². The molecule has 1 aliphatic rings. The summed E-state index contributed by atoms with van der Waals surface area (Å²) in [5.74, 6) is 0.567. The maximum Gasteiger partial charge on any atom is 0.248 e. The Bertz CT molecular complexity index is 1300. The van der Waals surface area contributed by atoms with E-state index >= 15 is 0 Å². The fourth-order valence-corrected chi connectivity index (χ4v) is 5.33. The molecule has 172 valence electrons. The number of benzene rings is 2. The Morgan fingerprint density at radius 1 is 1.09 bits per heavy atom. The van der Waals surface area contributed by atoms with Gasteiger partial charge in [-0.2, -0.15) is 0 Å². The van der Waals surface area contributed by atoms with Gasteiger partial charge in [0, 0.05) is 31.5 Å². The third-order valence-corrected chi connectivity index (χ3v) is 6.97. The Morgan fingerprint density at radius 2 is 1.82 bits per heavy atom. The molecule has 0 radical (unpaired) electrons. The first kappa shape index (κ1) is 22.0. The van der Waals surface area contributed by atoms with Gasteiger partial charge in [-0.05, 0) is 18.4 Å². The molecule has 1 atom stereocenters. The first-order chi connectivity index (χ1) is 16.6. The number of rotatable bonds is 6. The van der Waals surface area contributed by atoms with Gasteiger partial charge in [-0.15, -0.1) is 0 Å². The third-order valence-electron chi connectivity index (χ3n) is 6.00. The summed E-state index contributed by atoms with van der Waals surface area (Å²) in [6.07, 6.45) is 5.39. The van der Waals surface area contributed by atoms with Gasteiger partial charge < -0.3 is 14.8 Å². The number of thiazole rings is 1. The van der Waals surface area contributed by atoms with Crippen LogP contribution in [0.3, 0.4) is 0 Å². The molecule has 0 aliphatic carbocycles. The zero-order valence-electron chi connectivity index (χ0n) is 18.8. The summed E-state index contributed by atoms with van der Waals surface area (Å²) in [4.78, 5) is 38.0. The number of nitrogens with zero attached hydrogens (tertiary/aromatic N) is 4. The van der Waals surface area contributed by atoms with Gasteiger partial charge in [-0.1, -0.05) is 72.0 Å². The van der Waals surface area contributed by atoms with E-state index < -0.39 is 6.04 Å². The summed E-state index contributed by atoms with van der Waals surface area (Å²) >= 11 is 1.40. The van der Waals surface area contributed by atoms with Crippen molar-refractivity contribution in [2.75, 3.05) is 11.9 Å². The maximum absolute atomic E-state index is 13.2. The van der Waals surface area contributed by atoms with Gasteiger partial charge >= 0.3 is 0 Å². The lowest BCUT2D eigenvalue weighted by molar-refractivity contribution is -0.136. The smallest absolute Gasteiger partial charge is 0.248 e. The highest BCUT2D eigenvalue weighted by Gasteiger charge is 2.34. The van der Waals surface area contributed by atoms with E-state index in [0.717, 1.165) is 33.9 Å². The van der Waals surface area contributed by atoms with Crippen molar-refractivity contribution in [3.8, 4) is 22.0 Å². The van der Waals surface area contributed by atoms with Crippen molar-refractivity contribution >= 4 is 28.3 Å². The molecule has 34 heavy (non-hydrogen) atoms. The van der Waals surface area contributed by atoms with Gasteiger partial charge in [0.15, 0.2) is 11.0 Å². The molecule has 0 saturated carbocycles. The van der Waals surface area contributed by atoms with E-state index in [1.807, 2.05) is 78.5 Å². The summed E-state index contributed by atoms with van der Waals surface area (Å²) in [5, 5.41) is 3.49. The largest absolute Gasteiger partial charge is 0.333 e. The number of hydrogen-bond acceptors (Lipinski definition) is 5. The van der Waals surface area contributed by atoms with Gasteiger partial charge in [0.1, 0.15) is 6.04 Å². The maximum atomic E-state index is 13.2. The summed E-state index contributed by atoms with van der Waals surface area (Å²) in [6.45, 7) is 0.593. The molecule has 1 aliphatic heterocycles. The van der Waals surface area contributed by atoms with Crippen molar-refractivity contribution in [1.29, 1.82) is 0 Å². The second-order valence-electron chi connectivity index (χ2n) is 8.32. The lowest BCUT2D eigenvalue weighted by Crippen LogP contribution is -2.43. The average Bonchev–Trinajstić information content (AvgIpc) is 3.60. The first-order valence-electron chi connectivity index (χ1n) is 11.3. The Balaban J connectivity index is 1.37. The highest BCUT2D eigenvalue weighted by atomic mass is 32.1. The molecule has 2 amide bonds.